The summed E-state index contributed by atoms with van der Waals surface area (Å²) in [4.78, 5) is 3.38. The summed E-state index contributed by atoms with van der Waals surface area (Å²) in [5.41, 5.74) is 1.46. The molecule has 0 saturated heterocycles. The van der Waals surface area contributed by atoms with E-state index < -0.39 is 5.60 Å². The fraction of sp³-hybridized carbons (Fsp3) is 0.478. The van der Waals surface area contributed by atoms with Crippen LogP contribution in [0.15, 0.2) is 59.5 Å². The normalized spacial score (nSPS) is 25.7. The summed E-state index contributed by atoms with van der Waals surface area (Å²) in [6.07, 6.45) is 4.78. The average molecular weight is 386 g/mol. The van der Waals surface area contributed by atoms with E-state index in [0.29, 0.717) is 6.61 Å². The van der Waals surface area contributed by atoms with Crippen LogP contribution in [0.4, 0.5) is 0 Å². The molecule has 4 heteroatoms. The summed E-state index contributed by atoms with van der Waals surface area (Å²) in [7, 11) is 4.15. The number of thioether (sulfide) groups is 1. The maximum absolute atomic E-state index is 11.7. The molecule has 1 aliphatic rings. The van der Waals surface area contributed by atoms with Gasteiger partial charge in [-0.1, -0.05) is 42.5 Å². The number of hydrogen-bond donors (Lipinski definition) is 1. The predicted molar refractivity (Wildman–Crippen MR) is 113 cm³/mol. The van der Waals surface area contributed by atoms with Gasteiger partial charge in [-0.3, -0.25) is 0 Å². The first-order valence-corrected chi connectivity index (χ1v) is 10.9. The van der Waals surface area contributed by atoms with E-state index in [1.54, 1.807) is 11.8 Å². The molecule has 0 spiro atoms. The van der Waals surface area contributed by atoms with Crippen LogP contribution in [0.5, 0.6) is 0 Å². The van der Waals surface area contributed by atoms with E-state index >= 15 is 0 Å². The number of ether oxygens (including phenoxy) is 1. The third-order valence-corrected chi connectivity index (χ3v) is 6.28. The molecule has 0 amide bonds. The van der Waals surface area contributed by atoms with Gasteiger partial charge in [0.15, 0.2) is 0 Å². The zero-order chi connectivity index (χ0) is 19.3. The summed E-state index contributed by atoms with van der Waals surface area (Å²) in [6.45, 7) is 1.49. The lowest BCUT2D eigenvalue weighted by atomic mass is 9.70. The van der Waals surface area contributed by atoms with Crippen molar-refractivity contribution >= 4 is 11.8 Å². The lowest BCUT2D eigenvalue weighted by molar-refractivity contribution is -0.110. The summed E-state index contributed by atoms with van der Waals surface area (Å²) in [6, 6.07) is 18.7. The molecule has 0 radical (unpaired) electrons. The van der Waals surface area contributed by atoms with Crippen molar-refractivity contribution in [3.8, 4) is 0 Å². The Labute approximate surface area is 167 Å². The third kappa shape index (κ3) is 5.14. The monoisotopic (exact) mass is 385 g/mol. The van der Waals surface area contributed by atoms with Crippen LogP contribution in [-0.2, 0) is 16.9 Å². The molecule has 1 saturated carbocycles. The smallest absolute Gasteiger partial charge is 0.0939 e. The zero-order valence-electron chi connectivity index (χ0n) is 16.6. The Morgan fingerprint density at radius 2 is 1.93 bits per heavy atom. The second-order valence-electron chi connectivity index (χ2n) is 7.81. The molecule has 3 nitrogen and oxygen atoms in total. The molecule has 1 aliphatic carbocycles. The lowest BCUT2D eigenvalue weighted by Crippen LogP contribution is -2.46. The SMILES string of the molecule is CSc1cccc([C@]2(O)CC[C@@H](OCc3ccccc3)C[C@H]2CN(C)C)c1. The van der Waals surface area contributed by atoms with E-state index in [9.17, 15) is 5.11 Å². The quantitative estimate of drug-likeness (QED) is 0.709. The second-order valence-corrected chi connectivity index (χ2v) is 8.69. The molecule has 0 aliphatic heterocycles. The van der Waals surface area contributed by atoms with Crippen molar-refractivity contribution in [2.45, 2.75) is 42.5 Å². The van der Waals surface area contributed by atoms with E-state index in [1.807, 2.05) is 18.2 Å². The molecule has 0 unspecified atom stereocenters. The highest BCUT2D eigenvalue weighted by molar-refractivity contribution is 7.98. The highest BCUT2D eigenvalue weighted by Crippen LogP contribution is 2.43. The largest absolute Gasteiger partial charge is 0.385 e. The zero-order valence-corrected chi connectivity index (χ0v) is 17.4. The number of aliphatic hydroxyl groups is 1. The maximum atomic E-state index is 11.7. The van der Waals surface area contributed by atoms with E-state index in [-0.39, 0.29) is 12.0 Å². The van der Waals surface area contributed by atoms with Crippen molar-refractivity contribution in [2.75, 3.05) is 26.9 Å². The first-order valence-electron chi connectivity index (χ1n) is 9.68. The molecule has 3 atom stereocenters. The van der Waals surface area contributed by atoms with Crippen LogP contribution in [0, 0.1) is 5.92 Å². The van der Waals surface area contributed by atoms with Gasteiger partial charge in [0.05, 0.1) is 18.3 Å². The molecule has 1 N–H and O–H groups in total. The van der Waals surface area contributed by atoms with Crippen LogP contribution in [0.2, 0.25) is 0 Å². The molecule has 1 fully saturated rings. The molecule has 3 rings (SSSR count). The van der Waals surface area contributed by atoms with E-state index in [2.05, 4.69) is 61.6 Å². The molecule has 0 bridgehead atoms. The van der Waals surface area contributed by atoms with Gasteiger partial charge in [-0.25, -0.2) is 0 Å². The van der Waals surface area contributed by atoms with Gasteiger partial charge in [0.25, 0.3) is 0 Å². The van der Waals surface area contributed by atoms with Gasteiger partial charge in [0.1, 0.15) is 0 Å². The number of hydrogen-bond acceptors (Lipinski definition) is 4. The molecular formula is C23H31NO2S. The molecule has 146 valence electrons. The average Bonchev–Trinajstić information content (AvgIpc) is 2.69. The van der Waals surface area contributed by atoms with Gasteiger partial charge in [0.2, 0.25) is 0 Å². The van der Waals surface area contributed by atoms with E-state index in [1.165, 1.54) is 10.5 Å². The van der Waals surface area contributed by atoms with Crippen molar-refractivity contribution in [3.05, 3.63) is 65.7 Å². The summed E-state index contributed by atoms with van der Waals surface area (Å²) >= 11 is 1.72. The molecule has 0 aromatic heterocycles. The summed E-state index contributed by atoms with van der Waals surface area (Å²) < 4.78 is 6.22. The highest BCUT2D eigenvalue weighted by Gasteiger charge is 2.43. The predicted octanol–water partition coefficient (Wildman–Crippen LogP) is 4.54. The minimum Gasteiger partial charge on any atom is -0.385 e. The van der Waals surface area contributed by atoms with Crippen molar-refractivity contribution in [1.29, 1.82) is 0 Å². The van der Waals surface area contributed by atoms with Crippen LogP contribution >= 0.6 is 11.8 Å². The van der Waals surface area contributed by atoms with E-state index in [0.717, 1.165) is 31.4 Å². The maximum Gasteiger partial charge on any atom is 0.0939 e. The van der Waals surface area contributed by atoms with Crippen LogP contribution in [-0.4, -0.2) is 43.0 Å². The Morgan fingerprint density at radius 3 is 2.63 bits per heavy atom. The third-order valence-electron chi connectivity index (χ3n) is 5.55. The first kappa shape index (κ1) is 20.4. The number of rotatable bonds is 7. The number of nitrogens with zero attached hydrogens (tertiary/aromatic N) is 1. The molecular weight excluding hydrogens is 354 g/mol. The molecule has 2 aromatic rings. The van der Waals surface area contributed by atoms with Crippen molar-refractivity contribution in [1.82, 2.24) is 4.90 Å². The Bertz CT molecular complexity index is 721. The molecule has 0 heterocycles. The Morgan fingerprint density at radius 1 is 1.15 bits per heavy atom. The topological polar surface area (TPSA) is 32.7 Å². The Balaban J connectivity index is 1.74. The second kappa shape index (κ2) is 9.24. The van der Waals surface area contributed by atoms with Crippen LogP contribution < -0.4 is 0 Å². The van der Waals surface area contributed by atoms with Gasteiger partial charge < -0.3 is 14.7 Å². The minimum atomic E-state index is -0.789. The lowest BCUT2D eigenvalue weighted by Gasteiger charge is -2.44. The standard InChI is InChI=1S/C23H31NO2S/c1-24(2)16-20-14-21(26-17-18-8-5-4-6-9-18)12-13-23(20,25)19-10-7-11-22(15-19)27-3/h4-11,15,20-21,25H,12-14,16-17H2,1-3H3/t20-,21+,23+/m0/s1. The fourth-order valence-electron chi connectivity index (χ4n) is 4.09. The van der Waals surface area contributed by atoms with E-state index in [4.69, 9.17) is 4.74 Å². The first-order chi connectivity index (χ1) is 13.0. The number of benzene rings is 2. The van der Waals surface area contributed by atoms with Gasteiger partial charge in [-0.2, -0.15) is 0 Å². The van der Waals surface area contributed by atoms with Gasteiger partial charge >= 0.3 is 0 Å². The van der Waals surface area contributed by atoms with Gasteiger partial charge in [0, 0.05) is 17.4 Å². The van der Waals surface area contributed by atoms with Gasteiger partial charge in [-0.05, 0) is 62.9 Å². The van der Waals surface area contributed by atoms with Gasteiger partial charge in [-0.15, -0.1) is 11.8 Å². The Kier molecular flexibility index (Phi) is 6.99. The highest BCUT2D eigenvalue weighted by atomic mass is 32.2. The van der Waals surface area contributed by atoms with Crippen LogP contribution in [0.1, 0.15) is 30.4 Å². The van der Waals surface area contributed by atoms with Crippen molar-refractivity contribution in [2.24, 2.45) is 5.92 Å². The minimum absolute atomic E-state index is 0.152. The van der Waals surface area contributed by atoms with Crippen molar-refractivity contribution in [3.63, 3.8) is 0 Å². The van der Waals surface area contributed by atoms with Crippen molar-refractivity contribution < 1.29 is 9.84 Å². The Hall–Kier alpha value is -1.33. The fourth-order valence-corrected chi connectivity index (χ4v) is 4.55. The van der Waals surface area contributed by atoms with Crippen LogP contribution in [0.25, 0.3) is 0 Å². The summed E-state index contributed by atoms with van der Waals surface area (Å²) in [5.74, 6) is 0.152. The molecule has 27 heavy (non-hydrogen) atoms. The summed E-state index contributed by atoms with van der Waals surface area (Å²) in [5, 5.41) is 11.7. The van der Waals surface area contributed by atoms with Crippen LogP contribution in [0.3, 0.4) is 0 Å². The molecule has 2 aromatic carbocycles.